The van der Waals surface area contributed by atoms with E-state index in [0.717, 1.165) is 12.8 Å². The van der Waals surface area contributed by atoms with Gasteiger partial charge in [-0.05, 0) is 47.8 Å². The lowest BCUT2D eigenvalue weighted by Gasteiger charge is -2.22. The van der Waals surface area contributed by atoms with E-state index in [1.807, 2.05) is 6.92 Å². The predicted octanol–water partition coefficient (Wildman–Crippen LogP) is 3.16. The van der Waals surface area contributed by atoms with Crippen LogP contribution in [0.2, 0.25) is 0 Å². The minimum Gasteiger partial charge on any atom is -0.478 e. The minimum atomic E-state index is -1.06. The number of likely N-dealkylation sites (tertiary alicyclic amines) is 1. The number of carboxylic acid groups (broad SMARTS) is 1. The first-order valence-corrected chi connectivity index (χ1v) is 6.89. The highest BCUT2D eigenvalue weighted by Crippen LogP contribution is 2.28. The van der Waals surface area contributed by atoms with E-state index in [2.05, 4.69) is 21.2 Å². The fourth-order valence-corrected chi connectivity index (χ4v) is 2.71. The third kappa shape index (κ3) is 2.89. The molecular formula is C13H15BrN2O3. The Morgan fingerprint density at radius 2 is 2.21 bits per heavy atom. The Hall–Kier alpha value is -1.56. The number of carbonyl (C=O) groups is 2. The number of anilines is 1. The van der Waals surface area contributed by atoms with Crippen molar-refractivity contribution in [3.05, 3.63) is 28.2 Å². The van der Waals surface area contributed by atoms with Crippen molar-refractivity contribution in [1.29, 1.82) is 0 Å². The van der Waals surface area contributed by atoms with E-state index in [4.69, 9.17) is 5.11 Å². The molecule has 1 fully saturated rings. The molecule has 0 bridgehead atoms. The number of aromatic carboxylic acids is 1. The van der Waals surface area contributed by atoms with Gasteiger partial charge in [-0.15, -0.1) is 0 Å². The molecule has 0 aliphatic carbocycles. The van der Waals surface area contributed by atoms with E-state index >= 15 is 0 Å². The molecule has 1 aromatic rings. The Balaban J connectivity index is 2.23. The van der Waals surface area contributed by atoms with Crippen LogP contribution in [-0.4, -0.2) is 34.6 Å². The Kier molecular flexibility index (Phi) is 4.09. The lowest BCUT2D eigenvalue weighted by atomic mass is 10.2. The van der Waals surface area contributed by atoms with Gasteiger partial charge in [-0.3, -0.25) is 0 Å². The third-order valence-corrected chi connectivity index (χ3v) is 3.95. The number of hydrogen-bond donors (Lipinski definition) is 2. The molecular weight excluding hydrogens is 312 g/mol. The number of nitrogens with zero attached hydrogens (tertiary/aromatic N) is 1. The monoisotopic (exact) mass is 326 g/mol. The number of benzene rings is 1. The summed E-state index contributed by atoms with van der Waals surface area (Å²) in [6, 6.07) is 4.74. The lowest BCUT2D eigenvalue weighted by Crippen LogP contribution is -2.37. The quantitative estimate of drug-likeness (QED) is 0.877. The molecule has 2 N–H and O–H groups in total. The van der Waals surface area contributed by atoms with E-state index in [-0.39, 0.29) is 17.6 Å². The zero-order valence-corrected chi connectivity index (χ0v) is 12.1. The molecule has 2 amide bonds. The molecule has 0 radical (unpaired) electrons. The van der Waals surface area contributed by atoms with Crippen LogP contribution in [0.5, 0.6) is 0 Å². The van der Waals surface area contributed by atoms with Crippen LogP contribution >= 0.6 is 15.9 Å². The van der Waals surface area contributed by atoms with Crippen molar-refractivity contribution >= 4 is 33.6 Å². The molecule has 6 heteroatoms. The Morgan fingerprint density at radius 3 is 2.79 bits per heavy atom. The molecule has 1 unspecified atom stereocenters. The number of carboxylic acids is 1. The number of urea groups is 1. The molecule has 0 aromatic heterocycles. The van der Waals surface area contributed by atoms with Gasteiger partial charge in [0.2, 0.25) is 0 Å². The number of para-hydroxylation sites is 1. The summed E-state index contributed by atoms with van der Waals surface area (Å²) in [6.45, 7) is 2.70. The van der Waals surface area contributed by atoms with Crippen LogP contribution < -0.4 is 5.32 Å². The molecule has 19 heavy (non-hydrogen) atoms. The summed E-state index contributed by atoms with van der Waals surface area (Å²) in [5.41, 5.74) is 0.383. The minimum absolute atomic E-state index is 0.0783. The van der Waals surface area contributed by atoms with Crippen LogP contribution in [0.3, 0.4) is 0 Å². The Labute approximate surface area is 119 Å². The molecule has 102 valence electrons. The molecule has 5 nitrogen and oxygen atoms in total. The van der Waals surface area contributed by atoms with Gasteiger partial charge in [0.25, 0.3) is 0 Å². The number of nitrogens with one attached hydrogen (secondary N) is 1. The summed E-state index contributed by atoms with van der Waals surface area (Å²) < 4.78 is 0.563. The van der Waals surface area contributed by atoms with Crippen LogP contribution in [-0.2, 0) is 0 Å². The van der Waals surface area contributed by atoms with Gasteiger partial charge in [0, 0.05) is 17.1 Å². The maximum absolute atomic E-state index is 12.2. The summed E-state index contributed by atoms with van der Waals surface area (Å²) in [5.74, 6) is -1.06. The van der Waals surface area contributed by atoms with Gasteiger partial charge in [0.05, 0.1) is 11.3 Å². The van der Waals surface area contributed by atoms with Crippen molar-refractivity contribution in [2.75, 3.05) is 11.9 Å². The fraction of sp³-hybridized carbons (Fsp3) is 0.385. The zero-order chi connectivity index (χ0) is 14.0. The number of halogens is 1. The lowest BCUT2D eigenvalue weighted by molar-refractivity contribution is 0.0698. The summed E-state index contributed by atoms with van der Waals surface area (Å²) >= 11 is 3.27. The van der Waals surface area contributed by atoms with Gasteiger partial charge in [-0.2, -0.15) is 0 Å². The van der Waals surface area contributed by atoms with Crippen LogP contribution in [0.1, 0.15) is 30.1 Å². The highest BCUT2D eigenvalue weighted by atomic mass is 79.9. The highest BCUT2D eigenvalue weighted by molar-refractivity contribution is 9.10. The second-order valence-electron chi connectivity index (χ2n) is 4.58. The van der Waals surface area contributed by atoms with Gasteiger partial charge in [-0.25, -0.2) is 9.59 Å². The summed E-state index contributed by atoms with van der Waals surface area (Å²) in [6.07, 6.45) is 1.96. The van der Waals surface area contributed by atoms with Crippen molar-refractivity contribution in [1.82, 2.24) is 4.90 Å². The summed E-state index contributed by atoms with van der Waals surface area (Å²) in [7, 11) is 0. The van der Waals surface area contributed by atoms with Gasteiger partial charge in [0.1, 0.15) is 0 Å². The smallest absolute Gasteiger partial charge is 0.337 e. The molecule has 1 saturated heterocycles. The Bertz CT molecular complexity index is 519. The van der Waals surface area contributed by atoms with Crippen molar-refractivity contribution in [2.24, 2.45) is 0 Å². The average molecular weight is 327 g/mol. The van der Waals surface area contributed by atoms with Crippen LogP contribution in [0.25, 0.3) is 0 Å². The molecule has 1 heterocycles. The van der Waals surface area contributed by atoms with E-state index in [1.165, 1.54) is 6.07 Å². The van der Waals surface area contributed by atoms with Gasteiger partial charge in [0.15, 0.2) is 0 Å². The molecule has 1 aliphatic heterocycles. The second-order valence-corrected chi connectivity index (χ2v) is 5.44. The third-order valence-electron chi connectivity index (χ3n) is 3.29. The second kappa shape index (κ2) is 5.61. The van der Waals surface area contributed by atoms with Crippen LogP contribution in [0.15, 0.2) is 22.7 Å². The number of hydrogen-bond acceptors (Lipinski definition) is 2. The predicted molar refractivity (Wildman–Crippen MR) is 75.5 cm³/mol. The fourth-order valence-electron chi connectivity index (χ4n) is 2.24. The Morgan fingerprint density at radius 1 is 1.47 bits per heavy atom. The number of amides is 2. The molecule has 0 saturated carbocycles. The number of carbonyl (C=O) groups excluding carboxylic acids is 1. The largest absolute Gasteiger partial charge is 0.478 e. The van der Waals surface area contributed by atoms with E-state index in [1.54, 1.807) is 17.0 Å². The van der Waals surface area contributed by atoms with Gasteiger partial charge < -0.3 is 15.3 Å². The van der Waals surface area contributed by atoms with Crippen molar-refractivity contribution in [3.8, 4) is 0 Å². The molecule has 1 atom stereocenters. The molecule has 0 spiro atoms. The zero-order valence-electron chi connectivity index (χ0n) is 10.5. The van der Waals surface area contributed by atoms with Crippen molar-refractivity contribution in [3.63, 3.8) is 0 Å². The first-order valence-electron chi connectivity index (χ1n) is 6.10. The van der Waals surface area contributed by atoms with E-state index < -0.39 is 5.97 Å². The van der Waals surface area contributed by atoms with Crippen LogP contribution in [0.4, 0.5) is 10.5 Å². The van der Waals surface area contributed by atoms with Gasteiger partial charge >= 0.3 is 12.0 Å². The SMILES string of the molecule is CC1CCCN1C(=O)Nc1c(Br)cccc1C(=O)O. The standard InChI is InChI=1S/C13H15BrN2O3/c1-8-4-3-7-16(8)13(19)15-11-9(12(17)18)5-2-6-10(11)14/h2,5-6,8H,3-4,7H2,1H3,(H,15,19)(H,17,18). The first-order chi connectivity index (χ1) is 9.00. The molecule has 1 aliphatic rings. The van der Waals surface area contributed by atoms with Crippen molar-refractivity contribution < 1.29 is 14.7 Å². The normalized spacial score (nSPS) is 18.4. The van der Waals surface area contributed by atoms with Crippen LogP contribution in [0, 0.1) is 0 Å². The summed E-state index contributed by atoms with van der Waals surface area (Å²) in [4.78, 5) is 25.0. The number of rotatable bonds is 2. The molecule has 1 aromatic carbocycles. The van der Waals surface area contributed by atoms with Gasteiger partial charge in [-0.1, -0.05) is 6.07 Å². The van der Waals surface area contributed by atoms with Crippen molar-refractivity contribution in [2.45, 2.75) is 25.8 Å². The molecule has 2 rings (SSSR count). The summed E-state index contributed by atoms with van der Waals surface area (Å²) in [5, 5.41) is 11.8. The maximum Gasteiger partial charge on any atom is 0.337 e. The van der Waals surface area contributed by atoms with E-state index in [9.17, 15) is 9.59 Å². The first kappa shape index (κ1) is 13.9. The topological polar surface area (TPSA) is 69.6 Å². The highest BCUT2D eigenvalue weighted by Gasteiger charge is 2.26. The average Bonchev–Trinajstić information content (AvgIpc) is 2.77. The maximum atomic E-state index is 12.2. The van der Waals surface area contributed by atoms with E-state index in [0.29, 0.717) is 16.7 Å².